The molecule has 1 amide bonds. The minimum absolute atomic E-state index is 0.128. The van der Waals surface area contributed by atoms with Gasteiger partial charge in [-0.15, -0.1) is 0 Å². The molecule has 1 N–H and O–H groups in total. The Labute approximate surface area is 82.9 Å². The molecule has 1 aliphatic carbocycles. The molecule has 1 heterocycles. The van der Waals surface area contributed by atoms with E-state index in [1.807, 2.05) is 0 Å². The van der Waals surface area contributed by atoms with Gasteiger partial charge in [0, 0.05) is 13.0 Å². The molecule has 1 saturated carbocycles. The number of carbonyl (C=O) groups is 2. The maximum absolute atomic E-state index is 11.6. The third-order valence-corrected chi connectivity index (χ3v) is 3.33. The summed E-state index contributed by atoms with van der Waals surface area (Å²) in [6.45, 7) is 0.530. The fraction of sp³-hybridized carbons (Fsp3) is 0.800. The predicted octanol–water partition coefficient (Wildman–Crippen LogP) is 1.50. The molecular weight excluding hydrogens is 182 g/mol. The van der Waals surface area contributed by atoms with E-state index in [9.17, 15) is 9.59 Å². The predicted molar refractivity (Wildman–Crippen MR) is 50.1 cm³/mol. The van der Waals surface area contributed by atoms with Crippen LogP contribution in [0.4, 0.5) is 4.79 Å². The first kappa shape index (κ1) is 9.49. The van der Waals surface area contributed by atoms with Crippen LogP contribution in [0.1, 0.15) is 32.1 Å². The average molecular weight is 197 g/mol. The molecule has 0 aromatic rings. The maximum Gasteiger partial charge on any atom is 0.407 e. The lowest BCUT2D eigenvalue weighted by Crippen LogP contribution is -2.53. The van der Waals surface area contributed by atoms with Crippen molar-refractivity contribution in [2.75, 3.05) is 6.54 Å². The Bertz CT molecular complexity index is 262. The van der Waals surface area contributed by atoms with Crippen molar-refractivity contribution in [2.24, 2.45) is 5.92 Å². The van der Waals surface area contributed by atoms with E-state index in [1.165, 1.54) is 4.90 Å². The van der Waals surface area contributed by atoms with Gasteiger partial charge in [0.05, 0.1) is 6.04 Å². The van der Waals surface area contributed by atoms with Gasteiger partial charge in [0.15, 0.2) is 5.78 Å². The van der Waals surface area contributed by atoms with Gasteiger partial charge in [-0.2, -0.15) is 0 Å². The summed E-state index contributed by atoms with van der Waals surface area (Å²) in [5, 5.41) is 8.97. The Hall–Kier alpha value is -1.06. The molecule has 0 aromatic carbocycles. The van der Waals surface area contributed by atoms with E-state index in [4.69, 9.17) is 5.11 Å². The van der Waals surface area contributed by atoms with Gasteiger partial charge in [-0.3, -0.25) is 9.69 Å². The molecule has 0 radical (unpaired) electrons. The summed E-state index contributed by atoms with van der Waals surface area (Å²) in [6, 6.07) is -0.324. The normalized spacial score (nSPS) is 32.6. The van der Waals surface area contributed by atoms with Crippen molar-refractivity contribution in [3.8, 4) is 0 Å². The van der Waals surface area contributed by atoms with E-state index in [1.54, 1.807) is 0 Å². The lowest BCUT2D eigenvalue weighted by atomic mass is 9.78. The summed E-state index contributed by atoms with van der Waals surface area (Å²) >= 11 is 0. The summed E-state index contributed by atoms with van der Waals surface area (Å²) in [4.78, 5) is 23.9. The largest absolute Gasteiger partial charge is 0.465 e. The van der Waals surface area contributed by atoms with Gasteiger partial charge in [0.1, 0.15) is 0 Å². The van der Waals surface area contributed by atoms with Crippen LogP contribution in [0, 0.1) is 5.92 Å². The van der Waals surface area contributed by atoms with Gasteiger partial charge < -0.3 is 5.11 Å². The number of carbonyl (C=O) groups excluding carboxylic acids is 1. The quantitative estimate of drug-likeness (QED) is 0.640. The first-order valence-electron chi connectivity index (χ1n) is 5.22. The van der Waals surface area contributed by atoms with Crippen molar-refractivity contribution in [3.05, 3.63) is 0 Å². The van der Waals surface area contributed by atoms with Gasteiger partial charge >= 0.3 is 6.09 Å². The second-order valence-corrected chi connectivity index (χ2v) is 4.18. The van der Waals surface area contributed by atoms with E-state index >= 15 is 0 Å². The molecule has 1 saturated heterocycles. The van der Waals surface area contributed by atoms with Gasteiger partial charge in [0.25, 0.3) is 0 Å². The molecule has 78 valence electrons. The number of piperidine rings is 1. The summed E-state index contributed by atoms with van der Waals surface area (Å²) in [6.07, 6.45) is 3.49. The number of Topliss-reactive ketones (excluding diaryl/α,β-unsaturated/α-hetero) is 1. The number of fused-ring (bicyclic) bond motifs is 1. The Morgan fingerprint density at radius 1 is 1.36 bits per heavy atom. The molecule has 14 heavy (non-hydrogen) atoms. The molecule has 4 nitrogen and oxygen atoms in total. The van der Waals surface area contributed by atoms with Crippen LogP contribution in [0.3, 0.4) is 0 Å². The van der Waals surface area contributed by atoms with Crippen molar-refractivity contribution in [2.45, 2.75) is 38.1 Å². The number of ketones is 1. The number of hydrogen-bond donors (Lipinski definition) is 1. The first-order valence-corrected chi connectivity index (χ1v) is 5.22. The summed E-state index contributed by atoms with van der Waals surface area (Å²) in [5.74, 6) is 0.421. The monoisotopic (exact) mass is 197 g/mol. The number of amides is 1. The zero-order chi connectivity index (χ0) is 10.1. The Kier molecular flexibility index (Phi) is 2.44. The molecule has 0 aromatic heterocycles. The Balaban J connectivity index is 2.18. The lowest BCUT2D eigenvalue weighted by molar-refractivity contribution is -0.129. The number of hydrogen-bond acceptors (Lipinski definition) is 2. The standard InChI is InChI=1S/C10H15NO3/c12-8-5-1-3-7-4-2-6-11(9(7)8)10(13)14/h7,9H,1-6H2,(H,13,14)/t7-,9+/m0/s1. The maximum atomic E-state index is 11.6. The fourth-order valence-electron chi connectivity index (χ4n) is 2.72. The van der Waals surface area contributed by atoms with Crippen LogP contribution in [-0.2, 0) is 4.79 Å². The van der Waals surface area contributed by atoms with Crippen LogP contribution < -0.4 is 0 Å². The van der Waals surface area contributed by atoms with Gasteiger partial charge in [-0.1, -0.05) is 0 Å². The Morgan fingerprint density at radius 3 is 2.79 bits per heavy atom. The summed E-state index contributed by atoms with van der Waals surface area (Å²) in [5.41, 5.74) is 0. The SMILES string of the molecule is O=C1CCC[C@H]2CCCN(C(=O)O)[C@@H]12. The Morgan fingerprint density at radius 2 is 2.07 bits per heavy atom. The highest BCUT2D eigenvalue weighted by atomic mass is 16.4. The minimum Gasteiger partial charge on any atom is -0.465 e. The van der Waals surface area contributed by atoms with Crippen LogP contribution >= 0.6 is 0 Å². The van der Waals surface area contributed by atoms with Gasteiger partial charge in [-0.05, 0) is 31.6 Å². The molecule has 2 rings (SSSR count). The zero-order valence-electron chi connectivity index (χ0n) is 8.11. The molecular formula is C10H15NO3. The summed E-state index contributed by atoms with van der Waals surface area (Å²) < 4.78 is 0. The second kappa shape index (κ2) is 3.59. The molecule has 2 aliphatic rings. The molecule has 4 heteroatoms. The van der Waals surface area contributed by atoms with Crippen molar-refractivity contribution in [1.29, 1.82) is 0 Å². The lowest BCUT2D eigenvalue weighted by Gasteiger charge is -2.41. The fourth-order valence-corrected chi connectivity index (χ4v) is 2.72. The van der Waals surface area contributed by atoms with Crippen LogP contribution in [0.2, 0.25) is 0 Å². The highest BCUT2D eigenvalue weighted by Crippen LogP contribution is 2.33. The zero-order valence-corrected chi connectivity index (χ0v) is 8.11. The molecule has 1 aliphatic heterocycles. The van der Waals surface area contributed by atoms with Gasteiger partial charge in [-0.25, -0.2) is 4.79 Å². The van der Waals surface area contributed by atoms with Crippen LogP contribution in [0.15, 0.2) is 0 Å². The number of likely N-dealkylation sites (tertiary alicyclic amines) is 1. The van der Waals surface area contributed by atoms with E-state index in [0.717, 1.165) is 25.7 Å². The number of rotatable bonds is 0. The topological polar surface area (TPSA) is 57.6 Å². The average Bonchev–Trinajstić information content (AvgIpc) is 2.17. The molecule has 2 fully saturated rings. The third-order valence-electron chi connectivity index (χ3n) is 3.33. The number of carboxylic acid groups (broad SMARTS) is 1. The van der Waals surface area contributed by atoms with E-state index in [-0.39, 0.29) is 11.8 Å². The highest BCUT2D eigenvalue weighted by Gasteiger charge is 2.40. The molecule has 0 unspecified atom stereocenters. The van der Waals surface area contributed by atoms with Crippen LogP contribution in [-0.4, -0.2) is 34.5 Å². The van der Waals surface area contributed by atoms with Crippen molar-refractivity contribution in [1.82, 2.24) is 4.90 Å². The van der Waals surface area contributed by atoms with Crippen LogP contribution in [0.25, 0.3) is 0 Å². The first-order chi connectivity index (χ1) is 6.70. The smallest absolute Gasteiger partial charge is 0.407 e. The minimum atomic E-state index is -0.935. The van der Waals surface area contributed by atoms with E-state index in [2.05, 4.69) is 0 Å². The van der Waals surface area contributed by atoms with Crippen molar-refractivity contribution >= 4 is 11.9 Å². The van der Waals surface area contributed by atoms with E-state index < -0.39 is 6.09 Å². The summed E-state index contributed by atoms with van der Waals surface area (Å²) in [7, 11) is 0. The van der Waals surface area contributed by atoms with Crippen molar-refractivity contribution < 1.29 is 14.7 Å². The molecule has 0 bridgehead atoms. The van der Waals surface area contributed by atoms with E-state index in [0.29, 0.717) is 18.9 Å². The number of nitrogens with zero attached hydrogens (tertiary/aromatic N) is 1. The third kappa shape index (κ3) is 1.49. The molecule has 2 atom stereocenters. The molecule has 0 spiro atoms. The highest BCUT2D eigenvalue weighted by molar-refractivity contribution is 5.88. The van der Waals surface area contributed by atoms with Crippen LogP contribution in [0.5, 0.6) is 0 Å². The van der Waals surface area contributed by atoms with Gasteiger partial charge in [0.2, 0.25) is 0 Å². The second-order valence-electron chi connectivity index (χ2n) is 4.18. The van der Waals surface area contributed by atoms with Crippen molar-refractivity contribution in [3.63, 3.8) is 0 Å².